The first-order chi connectivity index (χ1) is 9.00. The SMILES string of the molecule is N#Cc1ncc(Oc2ccccc2C(F)(F)F)cn1. The van der Waals surface area contributed by atoms with E-state index < -0.39 is 11.7 Å². The van der Waals surface area contributed by atoms with Gasteiger partial charge in [-0.05, 0) is 12.1 Å². The lowest BCUT2D eigenvalue weighted by molar-refractivity contribution is -0.138. The number of benzene rings is 1. The van der Waals surface area contributed by atoms with Crippen LogP contribution in [0.2, 0.25) is 0 Å². The first-order valence-corrected chi connectivity index (χ1v) is 5.07. The second-order valence-electron chi connectivity index (χ2n) is 3.45. The van der Waals surface area contributed by atoms with Crippen molar-refractivity contribution < 1.29 is 17.9 Å². The molecule has 0 amide bonds. The maximum absolute atomic E-state index is 12.7. The van der Waals surface area contributed by atoms with E-state index in [1.54, 1.807) is 6.07 Å². The third-order valence-corrected chi connectivity index (χ3v) is 2.15. The van der Waals surface area contributed by atoms with Crippen molar-refractivity contribution in [1.82, 2.24) is 9.97 Å². The molecule has 0 aliphatic carbocycles. The van der Waals surface area contributed by atoms with Crippen LogP contribution in [-0.4, -0.2) is 9.97 Å². The van der Waals surface area contributed by atoms with Crippen LogP contribution in [0.5, 0.6) is 11.5 Å². The third kappa shape index (κ3) is 2.98. The number of ether oxygens (including phenoxy) is 1. The fraction of sp³-hybridized carbons (Fsp3) is 0.0833. The standard InChI is InChI=1S/C12H6F3N3O/c13-12(14,15)9-3-1-2-4-10(9)19-8-6-17-11(5-16)18-7-8/h1-4,6-7H. The molecule has 0 spiro atoms. The van der Waals surface area contributed by atoms with Crippen LogP contribution in [0.15, 0.2) is 36.7 Å². The summed E-state index contributed by atoms with van der Waals surface area (Å²) in [5, 5.41) is 8.50. The van der Waals surface area contributed by atoms with E-state index in [2.05, 4.69) is 9.97 Å². The molecule has 0 aliphatic heterocycles. The van der Waals surface area contributed by atoms with Crippen molar-refractivity contribution in [2.45, 2.75) is 6.18 Å². The Kier molecular flexibility index (Phi) is 3.33. The molecule has 2 rings (SSSR count). The smallest absolute Gasteiger partial charge is 0.419 e. The topological polar surface area (TPSA) is 58.8 Å². The fourth-order valence-corrected chi connectivity index (χ4v) is 1.34. The Bertz CT molecular complexity index is 617. The molecule has 96 valence electrons. The molecule has 0 unspecified atom stereocenters. The van der Waals surface area contributed by atoms with Gasteiger partial charge in [0.25, 0.3) is 0 Å². The summed E-state index contributed by atoms with van der Waals surface area (Å²) in [6.45, 7) is 0. The molecule has 0 fully saturated rings. The maximum atomic E-state index is 12.7. The average Bonchev–Trinajstić information content (AvgIpc) is 2.39. The van der Waals surface area contributed by atoms with Gasteiger partial charge in [-0.1, -0.05) is 12.1 Å². The number of rotatable bonds is 2. The van der Waals surface area contributed by atoms with Gasteiger partial charge in [0, 0.05) is 0 Å². The van der Waals surface area contributed by atoms with Crippen LogP contribution in [-0.2, 0) is 6.18 Å². The molecule has 1 aromatic carbocycles. The summed E-state index contributed by atoms with van der Waals surface area (Å²) in [4.78, 5) is 7.21. The largest absolute Gasteiger partial charge is 0.453 e. The van der Waals surface area contributed by atoms with E-state index in [9.17, 15) is 13.2 Å². The lowest BCUT2D eigenvalue weighted by Gasteiger charge is -2.12. The second kappa shape index (κ2) is 4.94. The van der Waals surface area contributed by atoms with Crippen molar-refractivity contribution in [2.75, 3.05) is 0 Å². The highest BCUT2D eigenvalue weighted by Crippen LogP contribution is 2.37. The molecule has 1 aromatic heterocycles. The number of aromatic nitrogens is 2. The van der Waals surface area contributed by atoms with E-state index >= 15 is 0 Å². The van der Waals surface area contributed by atoms with Crippen LogP contribution in [0, 0.1) is 11.3 Å². The van der Waals surface area contributed by atoms with Crippen molar-refractivity contribution >= 4 is 0 Å². The van der Waals surface area contributed by atoms with Crippen LogP contribution < -0.4 is 4.74 Å². The molecule has 0 bridgehead atoms. The van der Waals surface area contributed by atoms with Crippen LogP contribution in [0.4, 0.5) is 13.2 Å². The van der Waals surface area contributed by atoms with Gasteiger partial charge in [-0.2, -0.15) is 18.4 Å². The first kappa shape index (κ1) is 12.8. The molecule has 7 heteroatoms. The predicted molar refractivity (Wildman–Crippen MR) is 58.3 cm³/mol. The summed E-state index contributed by atoms with van der Waals surface area (Å²) < 4.78 is 43.2. The van der Waals surface area contributed by atoms with E-state index in [4.69, 9.17) is 10.00 Å². The molecule has 0 N–H and O–H groups in total. The summed E-state index contributed by atoms with van der Waals surface area (Å²) in [6, 6.07) is 6.50. The summed E-state index contributed by atoms with van der Waals surface area (Å²) in [5.74, 6) is -0.407. The van der Waals surface area contributed by atoms with Gasteiger partial charge in [0.1, 0.15) is 11.8 Å². The molecule has 0 saturated carbocycles. The van der Waals surface area contributed by atoms with E-state index in [0.717, 1.165) is 18.5 Å². The Morgan fingerprint density at radius 2 is 1.74 bits per heavy atom. The second-order valence-corrected chi connectivity index (χ2v) is 3.45. The van der Waals surface area contributed by atoms with Crippen LogP contribution >= 0.6 is 0 Å². The minimum atomic E-state index is -4.51. The van der Waals surface area contributed by atoms with Crippen molar-refractivity contribution in [3.8, 4) is 17.6 Å². The maximum Gasteiger partial charge on any atom is 0.419 e. The number of hydrogen-bond donors (Lipinski definition) is 0. The molecular weight excluding hydrogens is 259 g/mol. The van der Waals surface area contributed by atoms with Gasteiger partial charge in [0.15, 0.2) is 5.75 Å². The zero-order chi connectivity index (χ0) is 13.9. The molecule has 0 radical (unpaired) electrons. The Labute approximate surface area is 106 Å². The van der Waals surface area contributed by atoms with E-state index in [1.807, 2.05) is 0 Å². The molecular formula is C12H6F3N3O. The number of hydrogen-bond acceptors (Lipinski definition) is 4. The average molecular weight is 265 g/mol. The lowest BCUT2D eigenvalue weighted by atomic mass is 10.2. The molecule has 0 saturated heterocycles. The zero-order valence-corrected chi connectivity index (χ0v) is 9.35. The Morgan fingerprint density at radius 3 is 2.32 bits per heavy atom. The highest BCUT2D eigenvalue weighted by Gasteiger charge is 2.34. The van der Waals surface area contributed by atoms with Crippen molar-refractivity contribution in [3.63, 3.8) is 0 Å². The number of alkyl halides is 3. The van der Waals surface area contributed by atoms with Gasteiger partial charge in [-0.3, -0.25) is 0 Å². The van der Waals surface area contributed by atoms with Gasteiger partial charge < -0.3 is 4.74 Å². The van der Waals surface area contributed by atoms with Gasteiger partial charge in [0.2, 0.25) is 5.82 Å². The van der Waals surface area contributed by atoms with Crippen LogP contribution in [0.3, 0.4) is 0 Å². The lowest BCUT2D eigenvalue weighted by Crippen LogP contribution is -2.06. The third-order valence-electron chi connectivity index (χ3n) is 2.15. The quantitative estimate of drug-likeness (QED) is 0.836. The van der Waals surface area contributed by atoms with Crippen molar-refractivity contribution in [3.05, 3.63) is 48.0 Å². The molecule has 1 heterocycles. The predicted octanol–water partition coefficient (Wildman–Crippen LogP) is 3.16. The van der Waals surface area contributed by atoms with Gasteiger partial charge in [0.05, 0.1) is 18.0 Å². The minimum absolute atomic E-state index is 0.0238. The Morgan fingerprint density at radius 1 is 1.11 bits per heavy atom. The summed E-state index contributed by atoms with van der Waals surface area (Å²) in [7, 11) is 0. The number of nitriles is 1. The summed E-state index contributed by atoms with van der Waals surface area (Å²) in [6.07, 6.45) is -2.23. The fourth-order valence-electron chi connectivity index (χ4n) is 1.34. The highest BCUT2D eigenvalue weighted by molar-refractivity contribution is 5.38. The molecule has 0 atom stereocenters. The minimum Gasteiger partial charge on any atom is -0.453 e. The molecule has 2 aromatic rings. The van der Waals surface area contributed by atoms with Gasteiger partial charge in [-0.25, -0.2) is 9.97 Å². The summed E-state index contributed by atoms with van der Waals surface area (Å²) in [5.41, 5.74) is -0.889. The molecule has 19 heavy (non-hydrogen) atoms. The van der Waals surface area contributed by atoms with E-state index in [-0.39, 0.29) is 17.3 Å². The van der Waals surface area contributed by atoms with Crippen LogP contribution in [0.25, 0.3) is 0 Å². The van der Waals surface area contributed by atoms with Gasteiger partial charge >= 0.3 is 6.18 Å². The normalized spacial score (nSPS) is 10.8. The number of para-hydroxylation sites is 1. The Balaban J connectivity index is 2.31. The molecule has 4 nitrogen and oxygen atoms in total. The number of halogens is 3. The first-order valence-electron chi connectivity index (χ1n) is 5.07. The molecule has 0 aliphatic rings. The van der Waals surface area contributed by atoms with Crippen molar-refractivity contribution in [1.29, 1.82) is 5.26 Å². The number of nitrogens with zero attached hydrogens (tertiary/aromatic N) is 3. The van der Waals surface area contributed by atoms with Crippen LogP contribution in [0.1, 0.15) is 11.4 Å². The monoisotopic (exact) mass is 265 g/mol. The Hall–Kier alpha value is -2.62. The summed E-state index contributed by atoms with van der Waals surface area (Å²) >= 11 is 0. The zero-order valence-electron chi connectivity index (χ0n) is 9.35. The highest BCUT2D eigenvalue weighted by atomic mass is 19.4. The van der Waals surface area contributed by atoms with E-state index in [1.165, 1.54) is 18.2 Å². The van der Waals surface area contributed by atoms with E-state index in [0.29, 0.717) is 0 Å². The van der Waals surface area contributed by atoms with Crippen molar-refractivity contribution in [2.24, 2.45) is 0 Å². The van der Waals surface area contributed by atoms with Gasteiger partial charge in [-0.15, -0.1) is 0 Å².